The highest BCUT2D eigenvalue weighted by Crippen LogP contribution is 2.32. The summed E-state index contributed by atoms with van der Waals surface area (Å²) in [6.07, 6.45) is -4.77. The smallest absolute Gasteiger partial charge is 0.433 e. The van der Waals surface area contributed by atoms with Crippen molar-refractivity contribution in [1.29, 1.82) is 0 Å². The lowest BCUT2D eigenvalue weighted by molar-refractivity contribution is -0.384. The SMILES string of the molecule is CN(CC(=O)O)c1nc(C(F)(F)F)ccc1[N+](=O)[O-]. The molecule has 0 fully saturated rings. The van der Waals surface area contributed by atoms with Gasteiger partial charge in [0.05, 0.1) is 4.92 Å². The monoisotopic (exact) mass is 279 g/mol. The zero-order valence-electron chi connectivity index (χ0n) is 9.51. The van der Waals surface area contributed by atoms with Crippen LogP contribution in [0.25, 0.3) is 0 Å². The number of hydrogen-bond donors (Lipinski definition) is 1. The van der Waals surface area contributed by atoms with Crippen LogP contribution in [0.3, 0.4) is 0 Å². The molecule has 7 nitrogen and oxygen atoms in total. The number of nitrogens with zero attached hydrogens (tertiary/aromatic N) is 3. The van der Waals surface area contributed by atoms with Crippen molar-refractivity contribution < 1.29 is 28.0 Å². The van der Waals surface area contributed by atoms with Gasteiger partial charge in [-0.15, -0.1) is 0 Å². The number of halogens is 3. The first-order valence-corrected chi connectivity index (χ1v) is 4.78. The molecule has 0 aliphatic heterocycles. The van der Waals surface area contributed by atoms with Gasteiger partial charge in [0.2, 0.25) is 5.82 Å². The summed E-state index contributed by atoms with van der Waals surface area (Å²) >= 11 is 0. The number of nitro groups is 1. The van der Waals surface area contributed by atoms with Crippen molar-refractivity contribution in [2.45, 2.75) is 6.18 Å². The van der Waals surface area contributed by atoms with E-state index in [0.717, 1.165) is 11.9 Å². The first kappa shape index (κ1) is 14.7. The van der Waals surface area contributed by atoms with Gasteiger partial charge in [0.1, 0.15) is 12.2 Å². The Labute approximate surface area is 104 Å². The second-order valence-corrected chi connectivity index (χ2v) is 3.54. The second kappa shape index (κ2) is 5.08. The van der Waals surface area contributed by atoms with E-state index in [-0.39, 0.29) is 0 Å². The lowest BCUT2D eigenvalue weighted by Gasteiger charge is -2.16. The number of rotatable bonds is 4. The molecule has 1 heterocycles. The molecule has 19 heavy (non-hydrogen) atoms. The molecule has 10 heteroatoms. The Morgan fingerprint density at radius 1 is 1.53 bits per heavy atom. The third kappa shape index (κ3) is 3.53. The van der Waals surface area contributed by atoms with E-state index in [1.54, 1.807) is 0 Å². The fourth-order valence-corrected chi connectivity index (χ4v) is 1.30. The van der Waals surface area contributed by atoms with E-state index < -0.39 is 40.8 Å². The van der Waals surface area contributed by atoms with Crippen molar-refractivity contribution >= 4 is 17.5 Å². The largest absolute Gasteiger partial charge is 0.480 e. The average Bonchev–Trinajstić information content (AvgIpc) is 2.25. The number of carboxylic acid groups (broad SMARTS) is 1. The molecule has 0 bridgehead atoms. The fraction of sp³-hybridized carbons (Fsp3) is 0.333. The summed E-state index contributed by atoms with van der Waals surface area (Å²) in [6.45, 7) is -0.713. The maximum Gasteiger partial charge on any atom is 0.433 e. The number of likely N-dealkylation sites (N-methyl/N-ethyl adjacent to an activating group) is 1. The van der Waals surface area contributed by atoms with Crippen molar-refractivity contribution in [2.75, 3.05) is 18.5 Å². The molecule has 0 radical (unpaired) electrons. The Balaban J connectivity index is 3.31. The van der Waals surface area contributed by atoms with Crippen LogP contribution in [0.2, 0.25) is 0 Å². The second-order valence-electron chi connectivity index (χ2n) is 3.54. The van der Waals surface area contributed by atoms with Crippen LogP contribution in [0.5, 0.6) is 0 Å². The van der Waals surface area contributed by atoms with Crippen LogP contribution in [0.1, 0.15) is 5.69 Å². The molecule has 0 spiro atoms. The number of alkyl halides is 3. The van der Waals surface area contributed by atoms with Crippen molar-refractivity contribution in [2.24, 2.45) is 0 Å². The predicted octanol–water partition coefficient (Wildman–Crippen LogP) is 1.53. The van der Waals surface area contributed by atoms with Crippen molar-refractivity contribution in [3.8, 4) is 0 Å². The quantitative estimate of drug-likeness (QED) is 0.663. The molecule has 0 aromatic carbocycles. The maximum atomic E-state index is 12.5. The topological polar surface area (TPSA) is 96.6 Å². The molecular weight excluding hydrogens is 271 g/mol. The Bertz CT molecular complexity index is 518. The molecule has 1 aromatic rings. The fourth-order valence-electron chi connectivity index (χ4n) is 1.30. The third-order valence-electron chi connectivity index (χ3n) is 2.08. The summed E-state index contributed by atoms with van der Waals surface area (Å²) in [7, 11) is 1.10. The predicted molar refractivity (Wildman–Crippen MR) is 56.8 cm³/mol. The first-order chi connectivity index (χ1) is 8.62. The van der Waals surface area contributed by atoms with E-state index in [1.165, 1.54) is 0 Å². The highest BCUT2D eigenvalue weighted by molar-refractivity contribution is 5.74. The van der Waals surface area contributed by atoms with E-state index in [9.17, 15) is 28.1 Å². The van der Waals surface area contributed by atoms with Gasteiger partial charge < -0.3 is 10.0 Å². The molecule has 0 atom stereocenters. The summed E-state index contributed by atoms with van der Waals surface area (Å²) in [5.74, 6) is -2.00. The maximum absolute atomic E-state index is 12.5. The Morgan fingerprint density at radius 2 is 2.11 bits per heavy atom. The molecule has 0 saturated carbocycles. The zero-order valence-corrected chi connectivity index (χ0v) is 9.51. The molecule has 0 saturated heterocycles. The first-order valence-electron chi connectivity index (χ1n) is 4.78. The molecule has 0 unspecified atom stereocenters. The number of hydrogen-bond acceptors (Lipinski definition) is 5. The van der Waals surface area contributed by atoms with E-state index in [4.69, 9.17) is 5.11 Å². The molecule has 1 N–H and O–H groups in total. The molecule has 1 rings (SSSR count). The molecule has 0 aliphatic carbocycles. The normalized spacial score (nSPS) is 11.2. The Morgan fingerprint density at radius 3 is 2.53 bits per heavy atom. The van der Waals surface area contributed by atoms with Crippen LogP contribution in [0.15, 0.2) is 12.1 Å². The van der Waals surface area contributed by atoms with Gasteiger partial charge in [-0.1, -0.05) is 0 Å². The summed E-state index contributed by atoms with van der Waals surface area (Å²) in [5, 5.41) is 19.2. The van der Waals surface area contributed by atoms with Crippen molar-refractivity contribution in [3.05, 3.63) is 27.9 Å². The number of carboxylic acids is 1. The zero-order chi connectivity index (χ0) is 14.8. The van der Waals surface area contributed by atoms with Gasteiger partial charge in [0, 0.05) is 13.1 Å². The molecule has 104 valence electrons. The molecule has 1 aromatic heterocycles. The lowest BCUT2D eigenvalue weighted by atomic mass is 10.3. The summed E-state index contributed by atoms with van der Waals surface area (Å²) < 4.78 is 37.4. The van der Waals surface area contributed by atoms with E-state index in [2.05, 4.69) is 4.98 Å². The van der Waals surface area contributed by atoms with E-state index >= 15 is 0 Å². The van der Waals surface area contributed by atoms with Gasteiger partial charge >= 0.3 is 17.8 Å². The number of pyridine rings is 1. The summed E-state index contributed by atoms with van der Waals surface area (Å²) in [5.41, 5.74) is -2.03. The van der Waals surface area contributed by atoms with Crippen LogP contribution in [-0.4, -0.2) is 34.6 Å². The highest BCUT2D eigenvalue weighted by atomic mass is 19.4. The minimum Gasteiger partial charge on any atom is -0.480 e. The minimum atomic E-state index is -4.77. The van der Waals surface area contributed by atoms with Gasteiger partial charge in [0.15, 0.2) is 0 Å². The van der Waals surface area contributed by atoms with Crippen molar-refractivity contribution in [1.82, 2.24) is 4.98 Å². The number of anilines is 1. The average molecular weight is 279 g/mol. The van der Waals surface area contributed by atoms with Crippen LogP contribution in [0, 0.1) is 10.1 Å². The van der Waals surface area contributed by atoms with Crippen LogP contribution >= 0.6 is 0 Å². The van der Waals surface area contributed by atoms with Crippen LogP contribution in [-0.2, 0) is 11.0 Å². The van der Waals surface area contributed by atoms with Gasteiger partial charge in [-0.3, -0.25) is 14.9 Å². The molecule has 0 amide bonds. The molecule has 0 aliphatic rings. The van der Waals surface area contributed by atoms with Crippen LogP contribution in [0.4, 0.5) is 24.7 Å². The van der Waals surface area contributed by atoms with E-state index in [1.807, 2.05) is 0 Å². The highest BCUT2D eigenvalue weighted by Gasteiger charge is 2.35. The Hall–Kier alpha value is -2.39. The lowest BCUT2D eigenvalue weighted by Crippen LogP contribution is -2.27. The summed E-state index contributed by atoms with van der Waals surface area (Å²) in [6, 6.07) is 1.11. The van der Waals surface area contributed by atoms with Gasteiger partial charge in [-0.05, 0) is 6.07 Å². The van der Waals surface area contributed by atoms with Gasteiger partial charge in [0.25, 0.3) is 0 Å². The number of carbonyl (C=O) groups is 1. The number of aliphatic carboxylic acids is 1. The molecular formula is C9H8F3N3O4. The third-order valence-corrected chi connectivity index (χ3v) is 2.08. The number of aromatic nitrogens is 1. The minimum absolute atomic E-state index is 0.468. The standard InChI is InChI=1S/C9H8F3N3O4/c1-14(4-7(16)17)8-5(15(18)19)2-3-6(13-8)9(10,11)12/h2-3H,4H2,1H3,(H,16,17). The summed E-state index contributed by atoms with van der Waals surface area (Å²) in [4.78, 5) is 24.1. The van der Waals surface area contributed by atoms with Crippen molar-refractivity contribution in [3.63, 3.8) is 0 Å². The Kier molecular flexibility index (Phi) is 3.92. The van der Waals surface area contributed by atoms with Gasteiger partial charge in [-0.2, -0.15) is 13.2 Å². The van der Waals surface area contributed by atoms with Crippen LogP contribution < -0.4 is 4.90 Å². The van der Waals surface area contributed by atoms with E-state index in [0.29, 0.717) is 12.1 Å². The van der Waals surface area contributed by atoms with Gasteiger partial charge in [-0.25, -0.2) is 4.98 Å².